The van der Waals surface area contributed by atoms with Gasteiger partial charge in [-0.05, 0) is 22.0 Å². The molecule has 1 saturated heterocycles. The maximum atomic E-state index is 12.9. The maximum Gasteiger partial charge on any atom is 0.307 e. The zero-order valence-corrected chi connectivity index (χ0v) is 12.0. The Morgan fingerprint density at radius 3 is 2.78 bits per heavy atom. The Hall–Kier alpha value is -0.730. The smallest absolute Gasteiger partial charge is 0.307 e. The fourth-order valence-corrected chi connectivity index (χ4v) is 2.95. The van der Waals surface area contributed by atoms with Gasteiger partial charge in [0.2, 0.25) is 5.91 Å². The van der Waals surface area contributed by atoms with E-state index in [4.69, 9.17) is 11.6 Å². The molecule has 18 heavy (non-hydrogen) atoms. The van der Waals surface area contributed by atoms with Crippen LogP contribution >= 0.6 is 27.5 Å². The highest BCUT2D eigenvalue weighted by molar-refractivity contribution is 9.10. The molecule has 0 N–H and O–H groups in total. The van der Waals surface area contributed by atoms with E-state index in [1.807, 2.05) is 0 Å². The molecule has 1 fully saturated rings. The number of pyridine rings is 1. The Bertz CT molecular complexity index is 610. The minimum atomic E-state index is -4.73. The van der Waals surface area contributed by atoms with Crippen molar-refractivity contribution in [2.75, 3.05) is 11.4 Å². The number of anilines is 1. The van der Waals surface area contributed by atoms with Gasteiger partial charge in [0.05, 0.1) is 10.7 Å². The molecule has 98 valence electrons. The van der Waals surface area contributed by atoms with Crippen LogP contribution in [-0.2, 0) is 15.0 Å². The summed E-state index contributed by atoms with van der Waals surface area (Å²) in [6.07, 6.45) is 0.997. The summed E-state index contributed by atoms with van der Waals surface area (Å²) in [6, 6.07) is 1.46. The van der Waals surface area contributed by atoms with Crippen LogP contribution in [0.2, 0.25) is 5.02 Å². The van der Waals surface area contributed by atoms with Gasteiger partial charge in [0, 0.05) is 19.2 Å². The highest BCUT2D eigenvalue weighted by atomic mass is 79.9. The zero-order chi connectivity index (χ0) is 13.5. The molecule has 0 spiro atoms. The van der Waals surface area contributed by atoms with E-state index in [0.717, 1.165) is 4.90 Å². The van der Waals surface area contributed by atoms with Crippen LogP contribution in [0.3, 0.4) is 0 Å². The van der Waals surface area contributed by atoms with Crippen molar-refractivity contribution in [2.45, 2.75) is 11.7 Å². The second-order valence-electron chi connectivity index (χ2n) is 3.77. The van der Waals surface area contributed by atoms with E-state index in [1.54, 1.807) is 0 Å². The molecule has 0 aliphatic carbocycles. The maximum absolute atomic E-state index is 12.9. The van der Waals surface area contributed by atoms with Crippen molar-refractivity contribution in [3.05, 3.63) is 21.9 Å². The topological polar surface area (TPSA) is 67.3 Å². The average Bonchev–Trinajstić information content (AvgIpc) is 2.64. The van der Waals surface area contributed by atoms with Gasteiger partial charge in [-0.3, -0.25) is 4.79 Å². The van der Waals surface area contributed by atoms with E-state index in [0.29, 0.717) is 15.3 Å². The third-order valence-corrected chi connectivity index (χ3v) is 4.50. The monoisotopic (exact) mass is 356 g/mol. The van der Waals surface area contributed by atoms with E-state index in [2.05, 4.69) is 20.9 Å². The summed E-state index contributed by atoms with van der Waals surface area (Å²) in [6.45, 7) is -0.238. The molecule has 5 nitrogen and oxygen atoms in total. The van der Waals surface area contributed by atoms with Gasteiger partial charge in [-0.15, -0.1) is 3.89 Å². The van der Waals surface area contributed by atoms with E-state index in [-0.39, 0.29) is 13.0 Å². The Morgan fingerprint density at radius 2 is 2.22 bits per heavy atom. The van der Waals surface area contributed by atoms with Crippen molar-refractivity contribution in [3.8, 4) is 0 Å². The van der Waals surface area contributed by atoms with Crippen molar-refractivity contribution < 1.29 is 17.1 Å². The summed E-state index contributed by atoms with van der Waals surface area (Å²) >= 11 is 8.89. The van der Waals surface area contributed by atoms with Crippen LogP contribution in [0.25, 0.3) is 0 Å². The molecule has 1 atom stereocenters. The standard InChI is InChI=1S/C9H7BrClFN2O3S/c10-9-7(1-5(11)3-13-9)14-4-6(2-8(14)15)18(12,16)17/h1,3,6H,2,4H2. The van der Waals surface area contributed by atoms with E-state index >= 15 is 0 Å². The second-order valence-corrected chi connectivity index (χ2v) is 6.57. The fraction of sp³-hybridized carbons (Fsp3) is 0.333. The lowest BCUT2D eigenvalue weighted by molar-refractivity contribution is -0.117. The molecular formula is C9H7BrClFN2O3S. The number of nitrogens with zero attached hydrogens (tertiary/aromatic N) is 2. The predicted molar refractivity (Wildman–Crippen MR) is 67.7 cm³/mol. The number of hydrogen-bond acceptors (Lipinski definition) is 4. The summed E-state index contributed by atoms with van der Waals surface area (Å²) < 4.78 is 34.8. The molecule has 0 saturated carbocycles. The molecule has 2 rings (SSSR count). The molecule has 1 aliphatic heterocycles. The van der Waals surface area contributed by atoms with Crippen LogP contribution in [0.1, 0.15) is 6.42 Å². The third-order valence-electron chi connectivity index (χ3n) is 2.57. The number of carbonyl (C=O) groups is 1. The number of rotatable bonds is 2. The molecule has 1 unspecified atom stereocenters. The SMILES string of the molecule is O=C1CC(S(=O)(=O)F)CN1c1cc(Cl)cnc1Br. The molecule has 1 aromatic heterocycles. The first-order valence-electron chi connectivity index (χ1n) is 4.84. The van der Waals surface area contributed by atoms with Gasteiger partial charge < -0.3 is 4.90 Å². The lowest BCUT2D eigenvalue weighted by atomic mass is 10.4. The molecular weight excluding hydrogens is 351 g/mol. The molecule has 0 aromatic carbocycles. The second kappa shape index (κ2) is 4.75. The average molecular weight is 358 g/mol. The quantitative estimate of drug-likeness (QED) is 0.599. The highest BCUT2D eigenvalue weighted by Gasteiger charge is 2.39. The van der Waals surface area contributed by atoms with Gasteiger partial charge in [0.1, 0.15) is 9.85 Å². The summed E-state index contributed by atoms with van der Waals surface area (Å²) in [5, 5.41) is -1.04. The summed E-state index contributed by atoms with van der Waals surface area (Å²) in [4.78, 5) is 16.7. The van der Waals surface area contributed by atoms with E-state index in [1.165, 1.54) is 12.3 Å². The van der Waals surface area contributed by atoms with Gasteiger partial charge in [-0.2, -0.15) is 8.42 Å². The molecule has 2 heterocycles. The largest absolute Gasteiger partial charge is 0.308 e. The normalized spacial score (nSPS) is 20.5. The number of amides is 1. The first-order valence-corrected chi connectivity index (χ1v) is 7.45. The molecule has 1 aliphatic rings. The lowest BCUT2D eigenvalue weighted by Gasteiger charge is -2.17. The Morgan fingerprint density at radius 1 is 1.56 bits per heavy atom. The third kappa shape index (κ3) is 2.65. The number of hydrogen-bond donors (Lipinski definition) is 0. The van der Waals surface area contributed by atoms with Crippen LogP contribution in [0.4, 0.5) is 9.57 Å². The van der Waals surface area contributed by atoms with Crippen molar-refractivity contribution in [1.82, 2.24) is 4.98 Å². The van der Waals surface area contributed by atoms with Gasteiger partial charge >= 0.3 is 10.2 Å². The van der Waals surface area contributed by atoms with Crippen LogP contribution in [0.15, 0.2) is 16.9 Å². The molecule has 1 amide bonds. The molecule has 0 bridgehead atoms. The Balaban J connectivity index is 2.35. The minimum Gasteiger partial charge on any atom is -0.308 e. The van der Waals surface area contributed by atoms with Crippen LogP contribution in [-0.4, -0.2) is 31.1 Å². The first-order chi connectivity index (χ1) is 8.29. The minimum absolute atomic E-state index is 0.238. The number of carbonyl (C=O) groups excluding carboxylic acids is 1. The van der Waals surface area contributed by atoms with Crippen molar-refractivity contribution in [3.63, 3.8) is 0 Å². The lowest BCUT2D eigenvalue weighted by Crippen LogP contribution is -2.27. The summed E-state index contributed by atoms with van der Waals surface area (Å²) in [7, 11) is -4.73. The summed E-state index contributed by atoms with van der Waals surface area (Å²) in [5.74, 6) is -0.481. The van der Waals surface area contributed by atoms with Crippen molar-refractivity contribution in [1.29, 1.82) is 0 Å². The van der Waals surface area contributed by atoms with Gasteiger partial charge in [0.25, 0.3) is 0 Å². The van der Waals surface area contributed by atoms with Gasteiger partial charge in [0.15, 0.2) is 0 Å². The zero-order valence-electron chi connectivity index (χ0n) is 8.81. The molecule has 0 radical (unpaired) electrons. The number of halogens is 3. The molecule has 1 aromatic rings. The van der Waals surface area contributed by atoms with Crippen LogP contribution in [0, 0.1) is 0 Å². The summed E-state index contributed by atoms with van der Waals surface area (Å²) in [5.41, 5.74) is 0.332. The predicted octanol–water partition coefficient (Wildman–Crippen LogP) is 1.90. The van der Waals surface area contributed by atoms with Crippen molar-refractivity contribution in [2.24, 2.45) is 0 Å². The van der Waals surface area contributed by atoms with Gasteiger partial charge in [-0.1, -0.05) is 11.6 Å². The Kier molecular flexibility index (Phi) is 3.61. The van der Waals surface area contributed by atoms with Crippen LogP contribution < -0.4 is 4.90 Å². The van der Waals surface area contributed by atoms with E-state index < -0.39 is 21.4 Å². The van der Waals surface area contributed by atoms with Crippen LogP contribution in [0.5, 0.6) is 0 Å². The van der Waals surface area contributed by atoms with Gasteiger partial charge in [-0.25, -0.2) is 4.98 Å². The Labute approximate surface area is 116 Å². The first kappa shape index (κ1) is 13.7. The van der Waals surface area contributed by atoms with E-state index in [9.17, 15) is 17.1 Å². The molecule has 9 heteroatoms. The fourth-order valence-electron chi connectivity index (χ4n) is 1.70. The highest BCUT2D eigenvalue weighted by Crippen LogP contribution is 2.32. The van der Waals surface area contributed by atoms with Crippen molar-refractivity contribution >= 4 is 49.3 Å². The number of aromatic nitrogens is 1.